The summed E-state index contributed by atoms with van der Waals surface area (Å²) in [6.07, 6.45) is 0. The van der Waals surface area contributed by atoms with Crippen LogP contribution in [0.5, 0.6) is 5.75 Å². The number of carbonyl (C=O) groups excluding carboxylic acids is 1. The molecule has 2 heterocycles. The predicted octanol–water partition coefficient (Wildman–Crippen LogP) is 4.30. The Morgan fingerprint density at radius 1 is 1.00 bits per heavy atom. The zero-order chi connectivity index (χ0) is 22.2. The van der Waals surface area contributed by atoms with Gasteiger partial charge >= 0.3 is 0 Å². The lowest BCUT2D eigenvalue weighted by molar-refractivity contribution is 0.100. The van der Waals surface area contributed by atoms with Gasteiger partial charge in [-0.1, -0.05) is 42.5 Å². The van der Waals surface area contributed by atoms with E-state index in [1.54, 1.807) is 24.3 Å². The molecule has 158 valence electrons. The van der Waals surface area contributed by atoms with E-state index in [1.165, 1.54) is 0 Å². The molecule has 7 nitrogen and oxygen atoms in total. The number of nitrogens with zero attached hydrogens (tertiary/aromatic N) is 3. The highest BCUT2D eigenvalue weighted by Gasteiger charge is 2.18. The molecule has 0 aliphatic heterocycles. The van der Waals surface area contributed by atoms with Gasteiger partial charge in [-0.2, -0.15) is 4.98 Å². The van der Waals surface area contributed by atoms with Crippen LogP contribution in [0.2, 0.25) is 0 Å². The highest BCUT2D eigenvalue weighted by molar-refractivity contribution is 6.06. The molecule has 7 heteroatoms. The quantitative estimate of drug-likeness (QED) is 0.391. The van der Waals surface area contributed by atoms with Crippen molar-refractivity contribution < 1.29 is 9.90 Å². The molecule has 0 fully saturated rings. The van der Waals surface area contributed by atoms with Crippen LogP contribution in [0.25, 0.3) is 27.8 Å². The molecule has 5 aromatic rings. The lowest BCUT2D eigenvalue weighted by Gasteiger charge is -2.14. The van der Waals surface area contributed by atoms with Gasteiger partial charge in [-0.25, -0.2) is 4.98 Å². The molecule has 1 amide bonds. The summed E-state index contributed by atoms with van der Waals surface area (Å²) in [6, 6.07) is 22.5. The summed E-state index contributed by atoms with van der Waals surface area (Å²) in [6.45, 7) is 2.49. The Hall–Kier alpha value is -4.39. The van der Waals surface area contributed by atoms with Crippen molar-refractivity contribution in [2.45, 2.75) is 13.5 Å². The number of aromatic hydroxyl groups is 1. The van der Waals surface area contributed by atoms with Crippen molar-refractivity contribution in [3.05, 3.63) is 89.6 Å². The van der Waals surface area contributed by atoms with E-state index in [0.717, 1.165) is 27.5 Å². The Labute approximate surface area is 184 Å². The lowest BCUT2D eigenvalue weighted by Crippen LogP contribution is -2.11. The summed E-state index contributed by atoms with van der Waals surface area (Å²) < 4.78 is 1.86. The molecular weight excluding hydrogens is 402 g/mol. The third kappa shape index (κ3) is 3.30. The van der Waals surface area contributed by atoms with E-state index in [0.29, 0.717) is 29.4 Å². The van der Waals surface area contributed by atoms with Crippen LogP contribution in [0.15, 0.2) is 72.8 Å². The SMILES string of the molecule is Cc1cc2c(C(N)=O)cccc2n1-c1nc(NCc2ccccc2)c2cccc(O)c2n1. The molecular formula is C25H21N5O2. The highest BCUT2D eigenvalue weighted by atomic mass is 16.3. The number of nitrogens with two attached hydrogens (primary N) is 1. The fourth-order valence-corrected chi connectivity index (χ4v) is 3.99. The Bertz CT molecular complexity index is 1470. The molecule has 0 saturated carbocycles. The minimum Gasteiger partial charge on any atom is -0.506 e. The Balaban J connectivity index is 1.70. The molecule has 0 saturated heterocycles. The molecule has 4 N–H and O–H groups in total. The topological polar surface area (TPSA) is 106 Å². The van der Waals surface area contributed by atoms with E-state index in [2.05, 4.69) is 10.3 Å². The number of anilines is 1. The number of aryl methyl sites for hydroxylation is 1. The first-order valence-corrected chi connectivity index (χ1v) is 10.2. The van der Waals surface area contributed by atoms with Crippen LogP contribution in [-0.2, 0) is 6.54 Å². The van der Waals surface area contributed by atoms with Crippen LogP contribution in [-0.4, -0.2) is 25.5 Å². The molecule has 0 radical (unpaired) electrons. The number of hydrogen-bond donors (Lipinski definition) is 3. The number of hydrogen-bond acceptors (Lipinski definition) is 5. The summed E-state index contributed by atoms with van der Waals surface area (Å²) >= 11 is 0. The first-order valence-electron chi connectivity index (χ1n) is 10.2. The summed E-state index contributed by atoms with van der Waals surface area (Å²) in [5.41, 5.74) is 9.17. The van der Waals surface area contributed by atoms with Gasteiger partial charge in [-0.05, 0) is 42.8 Å². The van der Waals surface area contributed by atoms with Gasteiger partial charge in [0.15, 0.2) is 0 Å². The zero-order valence-electron chi connectivity index (χ0n) is 17.4. The number of benzene rings is 3. The largest absolute Gasteiger partial charge is 0.506 e. The van der Waals surface area contributed by atoms with Crippen LogP contribution >= 0.6 is 0 Å². The Morgan fingerprint density at radius 2 is 1.78 bits per heavy atom. The van der Waals surface area contributed by atoms with Crippen molar-refractivity contribution in [1.82, 2.24) is 14.5 Å². The minimum absolute atomic E-state index is 0.0702. The van der Waals surface area contributed by atoms with Crippen LogP contribution < -0.4 is 11.1 Å². The number of phenolic OH excluding ortho intramolecular Hbond substituents is 1. The average Bonchev–Trinajstić information content (AvgIpc) is 3.14. The lowest BCUT2D eigenvalue weighted by atomic mass is 10.1. The van der Waals surface area contributed by atoms with Crippen LogP contribution in [0, 0.1) is 6.92 Å². The number of primary amides is 1. The number of nitrogens with one attached hydrogen (secondary N) is 1. The maximum Gasteiger partial charge on any atom is 0.249 e. The predicted molar refractivity (Wildman–Crippen MR) is 125 cm³/mol. The average molecular weight is 423 g/mol. The van der Waals surface area contributed by atoms with E-state index < -0.39 is 5.91 Å². The molecule has 5 rings (SSSR count). The van der Waals surface area contributed by atoms with E-state index in [9.17, 15) is 9.90 Å². The monoisotopic (exact) mass is 423 g/mol. The van der Waals surface area contributed by atoms with Gasteiger partial charge in [-0.15, -0.1) is 0 Å². The minimum atomic E-state index is -0.491. The van der Waals surface area contributed by atoms with E-state index in [-0.39, 0.29) is 5.75 Å². The molecule has 0 unspecified atom stereocenters. The number of phenols is 1. The fraction of sp³-hybridized carbons (Fsp3) is 0.0800. The normalized spacial score (nSPS) is 11.2. The molecule has 3 aromatic carbocycles. The molecule has 0 bridgehead atoms. The second-order valence-corrected chi connectivity index (χ2v) is 7.61. The van der Waals surface area contributed by atoms with Gasteiger partial charge in [0.05, 0.1) is 5.52 Å². The van der Waals surface area contributed by atoms with Crippen molar-refractivity contribution in [2.24, 2.45) is 5.73 Å². The summed E-state index contributed by atoms with van der Waals surface area (Å²) in [7, 11) is 0. The highest BCUT2D eigenvalue weighted by Crippen LogP contribution is 2.31. The number of fused-ring (bicyclic) bond motifs is 2. The number of carbonyl (C=O) groups is 1. The molecule has 0 spiro atoms. The standard InChI is InChI=1S/C25H21N5O2/c1-15-13-19-17(23(26)32)9-5-11-20(19)30(15)25-28-22-18(10-6-12-21(22)31)24(29-25)27-14-16-7-3-2-4-8-16/h2-13,31H,14H2,1H3,(H2,26,32)(H,27,28,29). The number of amides is 1. The van der Waals surface area contributed by atoms with E-state index in [4.69, 9.17) is 10.7 Å². The van der Waals surface area contributed by atoms with Gasteiger partial charge in [-0.3, -0.25) is 9.36 Å². The van der Waals surface area contributed by atoms with Crippen molar-refractivity contribution in [2.75, 3.05) is 5.32 Å². The smallest absolute Gasteiger partial charge is 0.249 e. The third-order valence-corrected chi connectivity index (χ3v) is 5.49. The van der Waals surface area contributed by atoms with Crippen molar-refractivity contribution >= 4 is 33.5 Å². The Morgan fingerprint density at radius 3 is 2.56 bits per heavy atom. The third-order valence-electron chi connectivity index (χ3n) is 5.49. The summed E-state index contributed by atoms with van der Waals surface area (Å²) in [4.78, 5) is 21.4. The molecule has 0 aliphatic rings. The van der Waals surface area contributed by atoms with Gasteiger partial charge in [0.1, 0.15) is 17.1 Å². The summed E-state index contributed by atoms with van der Waals surface area (Å²) in [5, 5.41) is 15.3. The van der Waals surface area contributed by atoms with Crippen molar-refractivity contribution in [3.63, 3.8) is 0 Å². The first kappa shape index (κ1) is 19.6. The van der Waals surface area contributed by atoms with Crippen LogP contribution in [0.4, 0.5) is 5.82 Å². The van der Waals surface area contributed by atoms with E-state index >= 15 is 0 Å². The first-order chi connectivity index (χ1) is 15.5. The fourth-order valence-electron chi connectivity index (χ4n) is 3.99. The van der Waals surface area contributed by atoms with E-state index in [1.807, 2.05) is 60.0 Å². The second kappa shape index (κ2) is 7.70. The number of para-hydroxylation sites is 1. The van der Waals surface area contributed by atoms with Crippen molar-refractivity contribution in [1.29, 1.82) is 0 Å². The number of rotatable bonds is 5. The van der Waals surface area contributed by atoms with Gasteiger partial charge in [0.2, 0.25) is 11.9 Å². The molecule has 0 aliphatic carbocycles. The maximum absolute atomic E-state index is 11.9. The molecule has 32 heavy (non-hydrogen) atoms. The van der Waals surface area contributed by atoms with Gasteiger partial charge in [0, 0.05) is 28.6 Å². The second-order valence-electron chi connectivity index (χ2n) is 7.61. The van der Waals surface area contributed by atoms with Gasteiger partial charge < -0.3 is 16.2 Å². The Kier molecular flexibility index (Phi) is 4.71. The summed E-state index contributed by atoms with van der Waals surface area (Å²) in [5.74, 6) is 0.580. The zero-order valence-corrected chi connectivity index (χ0v) is 17.4. The van der Waals surface area contributed by atoms with Crippen LogP contribution in [0.3, 0.4) is 0 Å². The van der Waals surface area contributed by atoms with Gasteiger partial charge in [0.25, 0.3) is 0 Å². The van der Waals surface area contributed by atoms with Crippen LogP contribution in [0.1, 0.15) is 21.6 Å². The molecule has 0 atom stereocenters. The molecule has 2 aromatic heterocycles. The maximum atomic E-state index is 11.9. The van der Waals surface area contributed by atoms with Crippen molar-refractivity contribution in [3.8, 4) is 11.7 Å². The number of aromatic nitrogens is 3.